The van der Waals surface area contributed by atoms with Crippen LogP contribution in [0.5, 0.6) is 0 Å². The molecule has 0 saturated carbocycles. The predicted molar refractivity (Wildman–Crippen MR) is 116 cm³/mol. The fourth-order valence-electron chi connectivity index (χ4n) is 2.82. The Hall–Kier alpha value is -1.35. The summed E-state index contributed by atoms with van der Waals surface area (Å²) in [5.74, 6) is 1.05. The standard InChI is InChI=1S/C19H30N4O2.HI/c1-3-20-19(21-10-12-25-4-2)22-14-16-7-5-8-17(13-16)15-23-11-6-9-18(23)24;/h5,7-8,13H,3-4,6,9-12,14-15H2,1-2H3,(H2,20,21,22);1H. The fraction of sp³-hybridized carbons (Fsp3) is 0.579. The molecule has 7 heteroatoms. The molecule has 0 atom stereocenters. The minimum Gasteiger partial charge on any atom is -0.380 e. The number of aliphatic imine (C=N–C) groups is 1. The summed E-state index contributed by atoms with van der Waals surface area (Å²) >= 11 is 0. The second-order valence-corrected chi connectivity index (χ2v) is 6.06. The first-order valence-corrected chi connectivity index (χ1v) is 9.18. The summed E-state index contributed by atoms with van der Waals surface area (Å²) in [6.45, 7) is 9.15. The molecule has 0 bridgehead atoms. The number of halogens is 1. The third-order valence-corrected chi connectivity index (χ3v) is 4.04. The van der Waals surface area contributed by atoms with Crippen molar-refractivity contribution in [3.05, 3.63) is 35.4 Å². The second kappa shape index (κ2) is 12.9. The zero-order valence-corrected chi connectivity index (χ0v) is 18.1. The number of nitrogens with one attached hydrogen (secondary N) is 2. The van der Waals surface area contributed by atoms with Crippen molar-refractivity contribution in [2.24, 2.45) is 4.99 Å². The summed E-state index contributed by atoms with van der Waals surface area (Å²) in [4.78, 5) is 18.3. The molecule has 6 nitrogen and oxygen atoms in total. The molecule has 146 valence electrons. The topological polar surface area (TPSA) is 66.0 Å². The van der Waals surface area contributed by atoms with Gasteiger partial charge in [-0.05, 0) is 31.4 Å². The van der Waals surface area contributed by atoms with Crippen molar-refractivity contribution in [2.75, 3.05) is 32.8 Å². The summed E-state index contributed by atoms with van der Waals surface area (Å²) in [7, 11) is 0. The maximum Gasteiger partial charge on any atom is 0.222 e. The number of benzene rings is 1. The van der Waals surface area contributed by atoms with Gasteiger partial charge in [-0.2, -0.15) is 0 Å². The zero-order valence-electron chi connectivity index (χ0n) is 15.8. The highest BCUT2D eigenvalue weighted by Gasteiger charge is 2.19. The van der Waals surface area contributed by atoms with Crippen LogP contribution in [0.3, 0.4) is 0 Å². The van der Waals surface area contributed by atoms with Crippen LogP contribution in [0.2, 0.25) is 0 Å². The molecule has 1 amide bonds. The monoisotopic (exact) mass is 474 g/mol. The molecule has 0 aromatic heterocycles. The number of hydrogen-bond acceptors (Lipinski definition) is 3. The molecule has 1 heterocycles. The van der Waals surface area contributed by atoms with Crippen LogP contribution in [0, 0.1) is 0 Å². The Labute approximate surface area is 173 Å². The minimum absolute atomic E-state index is 0. The maximum absolute atomic E-state index is 11.8. The van der Waals surface area contributed by atoms with Gasteiger partial charge in [0.1, 0.15) is 0 Å². The zero-order chi connectivity index (χ0) is 17.9. The number of hydrogen-bond donors (Lipinski definition) is 2. The van der Waals surface area contributed by atoms with Gasteiger partial charge in [-0.25, -0.2) is 4.99 Å². The number of carbonyl (C=O) groups excluding carboxylic acids is 1. The number of nitrogens with zero attached hydrogens (tertiary/aromatic N) is 2. The number of likely N-dealkylation sites (tertiary alicyclic amines) is 1. The molecule has 0 unspecified atom stereocenters. The Kier molecular flexibility index (Phi) is 11.3. The van der Waals surface area contributed by atoms with Gasteiger partial charge in [-0.15, -0.1) is 24.0 Å². The molecular formula is C19H31IN4O2. The van der Waals surface area contributed by atoms with Crippen LogP contribution >= 0.6 is 24.0 Å². The number of amides is 1. The Balaban J connectivity index is 0.00000338. The van der Waals surface area contributed by atoms with Gasteiger partial charge >= 0.3 is 0 Å². The summed E-state index contributed by atoms with van der Waals surface area (Å²) in [5.41, 5.74) is 2.31. The van der Waals surface area contributed by atoms with E-state index in [1.165, 1.54) is 0 Å². The van der Waals surface area contributed by atoms with Crippen LogP contribution < -0.4 is 10.6 Å². The molecule has 1 aliphatic heterocycles. The van der Waals surface area contributed by atoms with Crippen LogP contribution in [0.25, 0.3) is 0 Å². The van der Waals surface area contributed by atoms with Crippen LogP contribution in [0.15, 0.2) is 29.3 Å². The lowest BCUT2D eigenvalue weighted by molar-refractivity contribution is -0.128. The predicted octanol–water partition coefficient (Wildman–Crippen LogP) is 2.52. The number of guanidine groups is 1. The summed E-state index contributed by atoms with van der Waals surface area (Å²) < 4.78 is 5.34. The third-order valence-electron chi connectivity index (χ3n) is 4.04. The molecule has 2 N–H and O–H groups in total. The lowest BCUT2D eigenvalue weighted by atomic mass is 10.1. The van der Waals surface area contributed by atoms with E-state index < -0.39 is 0 Å². The molecule has 0 spiro atoms. The van der Waals surface area contributed by atoms with Crippen molar-refractivity contribution >= 4 is 35.8 Å². The maximum atomic E-state index is 11.8. The first kappa shape index (κ1) is 22.7. The van der Waals surface area contributed by atoms with E-state index in [1.54, 1.807) is 0 Å². The Morgan fingerprint density at radius 2 is 2.08 bits per heavy atom. The highest BCUT2D eigenvalue weighted by atomic mass is 127. The molecule has 1 aliphatic rings. The van der Waals surface area contributed by atoms with Gasteiger partial charge in [0.15, 0.2) is 5.96 Å². The molecule has 0 aliphatic carbocycles. The summed E-state index contributed by atoms with van der Waals surface area (Å²) in [5, 5.41) is 6.51. The van der Waals surface area contributed by atoms with Crippen molar-refractivity contribution in [1.82, 2.24) is 15.5 Å². The van der Waals surface area contributed by atoms with Crippen LogP contribution in [-0.2, 0) is 22.6 Å². The van der Waals surface area contributed by atoms with Gasteiger partial charge in [0.2, 0.25) is 5.91 Å². The average molecular weight is 474 g/mol. The second-order valence-electron chi connectivity index (χ2n) is 6.06. The molecule has 1 aromatic rings. The molecule has 2 rings (SSSR count). The van der Waals surface area contributed by atoms with E-state index in [4.69, 9.17) is 4.74 Å². The molecular weight excluding hydrogens is 443 g/mol. The van der Waals surface area contributed by atoms with E-state index in [0.717, 1.165) is 49.7 Å². The van der Waals surface area contributed by atoms with Crippen molar-refractivity contribution in [3.8, 4) is 0 Å². The quantitative estimate of drug-likeness (QED) is 0.250. The Morgan fingerprint density at radius 3 is 2.77 bits per heavy atom. The van der Waals surface area contributed by atoms with E-state index in [1.807, 2.05) is 24.8 Å². The first-order chi connectivity index (χ1) is 12.2. The Bertz CT molecular complexity index is 580. The molecule has 1 saturated heterocycles. The highest BCUT2D eigenvalue weighted by molar-refractivity contribution is 14.0. The molecule has 26 heavy (non-hydrogen) atoms. The SMILES string of the molecule is CCNC(=NCc1cccc(CN2CCCC2=O)c1)NCCOCC.I. The van der Waals surface area contributed by atoms with E-state index >= 15 is 0 Å². The van der Waals surface area contributed by atoms with Gasteiger partial charge in [0.25, 0.3) is 0 Å². The van der Waals surface area contributed by atoms with E-state index in [-0.39, 0.29) is 29.9 Å². The van der Waals surface area contributed by atoms with E-state index in [2.05, 4.69) is 33.8 Å². The molecule has 1 fully saturated rings. The van der Waals surface area contributed by atoms with Gasteiger partial charge in [-0.1, -0.05) is 24.3 Å². The van der Waals surface area contributed by atoms with Gasteiger partial charge in [0, 0.05) is 39.2 Å². The minimum atomic E-state index is 0. The lowest BCUT2D eigenvalue weighted by Crippen LogP contribution is -2.39. The normalized spacial score (nSPS) is 14.3. The number of carbonyl (C=O) groups is 1. The van der Waals surface area contributed by atoms with Crippen LogP contribution in [0.1, 0.15) is 37.8 Å². The smallest absolute Gasteiger partial charge is 0.222 e. The van der Waals surface area contributed by atoms with Crippen molar-refractivity contribution in [2.45, 2.75) is 39.8 Å². The first-order valence-electron chi connectivity index (χ1n) is 9.18. The molecule has 0 radical (unpaired) electrons. The molecule has 1 aromatic carbocycles. The third kappa shape index (κ3) is 7.90. The largest absolute Gasteiger partial charge is 0.380 e. The fourth-order valence-corrected chi connectivity index (χ4v) is 2.82. The van der Waals surface area contributed by atoms with Gasteiger partial charge < -0.3 is 20.3 Å². The number of ether oxygens (including phenoxy) is 1. The van der Waals surface area contributed by atoms with Crippen LogP contribution in [0.4, 0.5) is 0 Å². The van der Waals surface area contributed by atoms with Crippen molar-refractivity contribution < 1.29 is 9.53 Å². The average Bonchev–Trinajstić information content (AvgIpc) is 3.01. The van der Waals surface area contributed by atoms with Crippen molar-refractivity contribution in [3.63, 3.8) is 0 Å². The Morgan fingerprint density at radius 1 is 1.27 bits per heavy atom. The lowest BCUT2D eigenvalue weighted by Gasteiger charge is -2.16. The van der Waals surface area contributed by atoms with E-state index in [9.17, 15) is 4.79 Å². The van der Waals surface area contributed by atoms with Crippen molar-refractivity contribution in [1.29, 1.82) is 0 Å². The highest BCUT2D eigenvalue weighted by Crippen LogP contribution is 2.15. The van der Waals surface area contributed by atoms with Gasteiger partial charge in [-0.3, -0.25) is 4.79 Å². The summed E-state index contributed by atoms with van der Waals surface area (Å²) in [6.07, 6.45) is 1.66. The number of rotatable bonds is 9. The van der Waals surface area contributed by atoms with E-state index in [0.29, 0.717) is 26.1 Å². The van der Waals surface area contributed by atoms with Gasteiger partial charge in [0.05, 0.1) is 13.2 Å². The summed E-state index contributed by atoms with van der Waals surface area (Å²) in [6, 6.07) is 8.32. The van der Waals surface area contributed by atoms with Crippen LogP contribution in [-0.4, -0.2) is 49.6 Å².